The van der Waals surface area contributed by atoms with Crippen LogP contribution < -0.4 is 0 Å². The molecule has 2 aromatic rings. The van der Waals surface area contributed by atoms with Crippen molar-refractivity contribution in [3.05, 3.63) is 59.2 Å². The van der Waals surface area contributed by atoms with Crippen LogP contribution in [0.25, 0.3) is 0 Å². The Morgan fingerprint density at radius 1 is 1.16 bits per heavy atom. The van der Waals surface area contributed by atoms with E-state index in [2.05, 4.69) is 6.07 Å². The second-order valence-corrected chi connectivity index (χ2v) is 5.33. The fourth-order valence-corrected chi connectivity index (χ4v) is 2.88. The molecule has 0 N–H and O–H groups in total. The van der Waals surface area contributed by atoms with Crippen molar-refractivity contribution in [1.29, 1.82) is 5.26 Å². The molecule has 0 aliphatic heterocycles. The van der Waals surface area contributed by atoms with Gasteiger partial charge in [0.25, 0.3) is 0 Å². The third kappa shape index (κ3) is 3.04. The van der Waals surface area contributed by atoms with Crippen LogP contribution in [0.2, 0.25) is 0 Å². The molecule has 19 heavy (non-hydrogen) atoms. The van der Waals surface area contributed by atoms with E-state index in [1.54, 1.807) is 25.1 Å². The van der Waals surface area contributed by atoms with Gasteiger partial charge in [-0.25, -0.2) is 0 Å². The van der Waals surface area contributed by atoms with Gasteiger partial charge in [-0.2, -0.15) is 5.26 Å². The standard InChI is InChI=1S/C16H13NOS/c1-11-5-3-4-6-15(11)19-16-9-13(10-17)7-8-14(16)12(2)18/h3-9H,1-2H3. The number of Topliss-reactive ketones (excluding diaryl/α,β-unsaturated/α-hetero) is 1. The van der Waals surface area contributed by atoms with Gasteiger partial charge < -0.3 is 0 Å². The normalized spacial score (nSPS) is 9.95. The van der Waals surface area contributed by atoms with Gasteiger partial charge in [-0.3, -0.25) is 4.79 Å². The number of hydrogen-bond acceptors (Lipinski definition) is 3. The lowest BCUT2D eigenvalue weighted by atomic mass is 10.1. The van der Waals surface area contributed by atoms with Crippen LogP contribution in [0.1, 0.15) is 28.4 Å². The molecule has 0 saturated heterocycles. The van der Waals surface area contributed by atoms with Crippen LogP contribution in [0.15, 0.2) is 52.3 Å². The number of carbonyl (C=O) groups is 1. The second kappa shape index (κ2) is 5.73. The molecule has 2 rings (SSSR count). The summed E-state index contributed by atoms with van der Waals surface area (Å²) < 4.78 is 0. The summed E-state index contributed by atoms with van der Waals surface area (Å²) in [6, 6.07) is 15.3. The summed E-state index contributed by atoms with van der Waals surface area (Å²) in [6.07, 6.45) is 0. The highest BCUT2D eigenvalue weighted by Crippen LogP contribution is 2.33. The number of aryl methyl sites for hydroxylation is 1. The molecule has 0 bridgehead atoms. The van der Waals surface area contributed by atoms with Gasteiger partial charge in [0.1, 0.15) is 0 Å². The van der Waals surface area contributed by atoms with Gasteiger partial charge in [0.05, 0.1) is 11.6 Å². The molecule has 2 aromatic carbocycles. The van der Waals surface area contributed by atoms with Gasteiger partial charge in [0.15, 0.2) is 5.78 Å². The molecule has 0 spiro atoms. The minimum absolute atomic E-state index is 0.0144. The number of nitriles is 1. The lowest BCUT2D eigenvalue weighted by Crippen LogP contribution is -1.96. The zero-order valence-corrected chi connectivity index (χ0v) is 11.6. The third-order valence-corrected chi connectivity index (χ3v) is 4.04. The zero-order chi connectivity index (χ0) is 13.8. The third-order valence-electron chi connectivity index (χ3n) is 2.80. The number of ketones is 1. The van der Waals surface area contributed by atoms with E-state index in [0.29, 0.717) is 11.1 Å². The molecule has 0 aromatic heterocycles. The van der Waals surface area contributed by atoms with Crippen molar-refractivity contribution in [1.82, 2.24) is 0 Å². The summed E-state index contributed by atoms with van der Waals surface area (Å²) in [4.78, 5) is 13.6. The highest BCUT2D eigenvalue weighted by molar-refractivity contribution is 7.99. The molecular formula is C16H13NOS. The summed E-state index contributed by atoms with van der Waals surface area (Å²) in [6.45, 7) is 3.58. The van der Waals surface area contributed by atoms with Gasteiger partial charge >= 0.3 is 0 Å². The molecule has 94 valence electrons. The Morgan fingerprint density at radius 2 is 1.89 bits per heavy atom. The molecule has 0 atom stereocenters. The molecule has 0 radical (unpaired) electrons. The number of carbonyl (C=O) groups excluding carboxylic acids is 1. The van der Waals surface area contributed by atoms with Crippen molar-refractivity contribution in [2.24, 2.45) is 0 Å². The summed E-state index contributed by atoms with van der Waals surface area (Å²) in [5.74, 6) is 0.0144. The first-order valence-corrected chi connectivity index (χ1v) is 6.72. The molecular weight excluding hydrogens is 254 g/mol. The number of hydrogen-bond donors (Lipinski definition) is 0. The molecule has 0 unspecified atom stereocenters. The summed E-state index contributed by atoms with van der Waals surface area (Å²) >= 11 is 1.53. The monoisotopic (exact) mass is 267 g/mol. The van der Waals surface area contributed by atoms with E-state index in [4.69, 9.17) is 5.26 Å². The SMILES string of the molecule is CC(=O)c1ccc(C#N)cc1Sc1ccccc1C. The van der Waals surface area contributed by atoms with E-state index in [1.807, 2.05) is 31.2 Å². The van der Waals surface area contributed by atoms with Gasteiger partial charge in [0.2, 0.25) is 0 Å². The molecule has 0 saturated carbocycles. The Labute approximate surface area is 117 Å². The second-order valence-electron chi connectivity index (χ2n) is 4.25. The predicted molar refractivity (Wildman–Crippen MR) is 76.5 cm³/mol. The van der Waals surface area contributed by atoms with Gasteiger partial charge in [-0.05, 0) is 43.7 Å². The maximum Gasteiger partial charge on any atom is 0.160 e. The first-order chi connectivity index (χ1) is 9.11. The predicted octanol–water partition coefficient (Wildman–Crippen LogP) is 4.22. The van der Waals surface area contributed by atoms with Crippen molar-refractivity contribution in [2.75, 3.05) is 0 Å². The van der Waals surface area contributed by atoms with Crippen LogP contribution in [0.4, 0.5) is 0 Å². The average Bonchev–Trinajstić information content (AvgIpc) is 2.41. The van der Waals surface area contributed by atoms with Crippen LogP contribution in [0.5, 0.6) is 0 Å². The number of rotatable bonds is 3. The summed E-state index contributed by atoms with van der Waals surface area (Å²) in [7, 11) is 0. The van der Waals surface area contributed by atoms with Crippen LogP contribution in [0, 0.1) is 18.3 Å². The largest absolute Gasteiger partial charge is 0.294 e. The lowest BCUT2D eigenvalue weighted by molar-refractivity contribution is 0.101. The first-order valence-electron chi connectivity index (χ1n) is 5.90. The Kier molecular flexibility index (Phi) is 4.03. The molecule has 0 aliphatic carbocycles. The lowest BCUT2D eigenvalue weighted by Gasteiger charge is -2.09. The Balaban J connectivity index is 2.46. The first kappa shape index (κ1) is 13.4. The Hall–Kier alpha value is -2.05. The van der Waals surface area contributed by atoms with E-state index in [0.717, 1.165) is 15.4 Å². The fourth-order valence-electron chi connectivity index (χ4n) is 1.76. The molecule has 3 heteroatoms. The van der Waals surface area contributed by atoms with Crippen LogP contribution >= 0.6 is 11.8 Å². The minimum Gasteiger partial charge on any atom is -0.294 e. The van der Waals surface area contributed by atoms with Gasteiger partial charge in [-0.1, -0.05) is 30.0 Å². The molecule has 0 aliphatic rings. The maximum absolute atomic E-state index is 11.6. The maximum atomic E-state index is 11.6. The summed E-state index contributed by atoms with van der Waals surface area (Å²) in [5.41, 5.74) is 2.39. The smallest absolute Gasteiger partial charge is 0.160 e. The summed E-state index contributed by atoms with van der Waals surface area (Å²) in [5, 5.41) is 8.97. The van der Waals surface area contributed by atoms with E-state index < -0.39 is 0 Å². The van der Waals surface area contributed by atoms with E-state index in [9.17, 15) is 4.79 Å². The molecule has 0 heterocycles. The zero-order valence-electron chi connectivity index (χ0n) is 10.8. The van der Waals surface area contributed by atoms with Crippen LogP contribution in [-0.4, -0.2) is 5.78 Å². The van der Waals surface area contributed by atoms with Crippen LogP contribution in [-0.2, 0) is 0 Å². The number of benzene rings is 2. The fraction of sp³-hybridized carbons (Fsp3) is 0.125. The topological polar surface area (TPSA) is 40.9 Å². The molecule has 2 nitrogen and oxygen atoms in total. The van der Waals surface area contributed by atoms with E-state index >= 15 is 0 Å². The van der Waals surface area contributed by atoms with Crippen molar-refractivity contribution in [3.8, 4) is 6.07 Å². The molecule has 0 fully saturated rings. The minimum atomic E-state index is 0.0144. The van der Waals surface area contributed by atoms with Crippen molar-refractivity contribution in [2.45, 2.75) is 23.6 Å². The Morgan fingerprint density at radius 3 is 2.53 bits per heavy atom. The van der Waals surface area contributed by atoms with Gasteiger partial charge in [-0.15, -0.1) is 0 Å². The highest BCUT2D eigenvalue weighted by Gasteiger charge is 2.10. The van der Waals surface area contributed by atoms with Gasteiger partial charge in [0, 0.05) is 15.4 Å². The van der Waals surface area contributed by atoms with Crippen molar-refractivity contribution >= 4 is 17.5 Å². The Bertz CT molecular complexity index is 671. The van der Waals surface area contributed by atoms with Crippen molar-refractivity contribution in [3.63, 3.8) is 0 Å². The van der Waals surface area contributed by atoms with Crippen molar-refractivity contribution < 1.29 is 4.79 Å². The van der Waals surface area contributed by atoms with E-state index in [1.165, 1.54) is 11.8 Å². The van der Waals surface area contributed by atoms with E-state index in [-0.39, 0.29) is 5.78 Å². The average molecular weight is 267 g/mol. The quantitative estimate of drug-likeness (QED) is 0.782. The highest BCUT2D eigenvalue weighted by atomic mass is 32.2. The molecule has 0 amide bonds. The van der Waals surface area contributed by atoms with Crippen LogP contribution in [0.3, 0.4) is 0 Å². The number of nitrogens with zero attached hydrogens (tertiary/aromatic N) is 1.